The van der Waals surface area contributed by atoms with Crippen LogP contribution in [0.5, 0.6) is 0 Å². The van der Waals surface area contributed by atoms with Crippen molar-refractivity contribution in [2.45, 2.75) is 24.8 Å². The highest BCUT2D eigenvalue weighted by Gasteiger charge is 2.30. The minimum Gasteiger partial charge on any atom is -0.454 e. The molecular formula is C19H20ClFN2O5S. The average Bonchev–Trinajstić information content (AvgIpc) is 2.67. The molecule has 0 aliphatic heterocycles. The lowest BCUT2D eigenvalue weighted by molar-refractivity contribution is -0.150. The Bertz CT molecular complexity index is 983. The molecule has 0 aliphatic carbocycles. The highest BCUT2D eigenvalue weighted by atomic mass is 35.5. The molecule has 0 fully saturated rings. The molecule has 0 aromatic heterocycles. The molecule has 2 N–H and O–H groups in total. The number of nitrogens with one attached hydrogen (secondary N) is 2. The van der Waals surface area contributed by atoms with Crippen LogP contribution in [0.1, 0.15) is 13.8 Å². The SMILES string of the molecule is CC(C)[C@H](NS(=O)(=O)c1ccccc1)C(=O)OCC(=O)Nc1ccc(F)cc1Cl. The Morgan fingerprint density at radius 1 is 1.14 bits per heavy atom. The van der Waals surface area contributed by atoms with Gasteiger partial charge < -0.3 is 10.1 Å². The second-order valence-corrected chi connectivity index (χ2v) is 8.56. The first-order chi connectivity index (χ1) is 13.6. The van der Waals surface area contributed by atoms with Gasteiger partial charge in [0.1, 0.15) is 11.9 Å². The summed E-state index contributed by atoms with van der Waals surface area (Å²) in [5, 5.41) is 2.37. The lowest BCUT2D eigenvalue weighted by Crippen LogP contribution is -2.45. The minimum atomic E-state index is -3.95. The Hall–Kier alpha value is -2.49. The van der Waals surface area contributed by atoms with E-state index in [4.69, 9.17) is 16.3 Å². The maximum atomic E-state index is 13.0. The zero-order chi connectivity index (χ0) is 21.6. The van der Waals surface area contributed by atoms with Crippen molar-refractivity contribution >= 4 is 39.2 Å². The Balaban J connectivity index is 1.99. The summed E-state index contributed by atoms with van der Waals surface area (Å²) in [4.78, 5) is 24.3. The van der Waals surface area contributed by atoms with Crippen molar-refractivity contribution in [2.75, 3.05) is 11.9 Å². The minimum absolute atomic E-state index is 0.00199. The van der Waals surface area contributed by atoms with Crippen molar-refractivity contribution < 1.29 is 27.1 Å². The molecule has 0 radical (unpaired) electrons. The lowest BCUT2D eigenvalue weighted by atomic mass is 10.1. The van der Waals surface area contributed by atoms with Crippen LogP contribution in [0, 0.1) is 11.7 Å². The summed E-state index contributed by atoms with van der Waals surface area (Å²) >= 11 is 5.82. The molecule has 2 rings (SSSR count). The van der Waals surface area contributed by atoms with Gasteiger partial charge in [-0.3, -0.25) is 9.59 Å². The molecule has 0 unspecified atom stereocenters. The standard InChI is InChI=1S/C19H20ClFN2O5S/c1-12(2)18(23-29(26,27)14-6-4-3-5-7-14)19(25)28-11-17(24)22-16-9-8-13(21)10-15(16)20/h3-10,12,18,23H,11H2,1-2H3,(H,22,24)/t18-/m0/s1. The number of anilines is 1. The summed E-state index contributed by atoms with van der Waals surface area (Å²) in [6, 6.07) is 9.78. The Morgan fingerprint density at radius 3 is 2.38 bits per heavy atom. The summed E-state index contributed by atoms with van der Waals surface area (Å²) in [5.74, 6) is -2.61. The van der Waals surface area contributed by atoms with Crippen LogP contribution in [0.25, 0.3) is 0 Å². The van der Waals surface area contributed by atoms with E-state index in [1.165, 1.54) is 18.2 Å². The fraction of sp³-hybridized carbons (Fsp3) is 0.263. The molecule has 0 saturated carbocycles. The fourth-order valence-corrected chi connectivity index (χ4v) is 3.86. The Morgan fingerprint density at radius 2 is 1.79 bits per heavy atom. The van der Waals surface area contributed by atoms with E-state index in [2.05, 4.69) is 10.0 Å². The van der Waals surface area contributed by atoms with Crippen LogP contribution in [0.2, 0.25) is 5.02 Å². The molecule has 0 aliphatic rings. The number of hydrogen-bond acceptors (Lipinski definition) is 5. The number of amides is 1. The number of sulfonamides is 1. The molecule has 1 atom stereocenters. The van der Waals surface area contributed by atoms with E-state index in [-0.39, 0.29) is 15.6 Å². The smallest absolute Gasteiger partial charge is 0.324 e. The quantitative estimate of drug-likeness (QED) is 0.612. The summed E-state index contributed by atoms with van der Waals surface area (Å²) < 4.78 is 45.2. The number of halogens is 2. The number of carbonyl (C=O) groups excluding carboxylic acids is 2. The van der Waals surface area contributed by atoms with Gasteiger partial charge in [-0.15, -0.1) is 0 Å². The molecular weight excluding hydrogens is 423 g/mol. The third kappa shape index (κ3) is 6.52. The molecule has 29 heavy (non-hydrogen) atoms. The number of benzene rings is 2. The normalized spacial score (nSPS) is 12.4. The van der Waals surface area contributed by atoms with Gasteiger partial charge in [0.05, 0.1) is 15.6 Å². The number of ether oxygens (including phenoxy) is 1. The van der Waals surface area contributed by atoms with Crippen LogP contribution < -0.4 is 10.0 Å². The van der Waals surface area contributed by atoms with E-state index in [9.17, 15) is 22.4 Å². The van der Waals surface area contributed by atoms with Gasteiger partial charge in [-0.05, 0) is 36.2 Å². The first-order valence-corrected chi connectivity index (χ1v) is 10.4. The molecule has 0 spiro atoms. The highest BCUT2D eigenvalue weighted by Crippen LogP contribution is 2.22. The van der Waals surface area contributed by atoms with Gasteiger partial charge in [-0.2, -0.15) is 4.72 Å². The van der Waals surface area contributed by atoms with Crippen molar-refractivity contribution in [3.8, 4) is 0 Å². The Kier molecular flexibility index (Phi) is 7.72. The van der Waals surface area contributed by atoms with Crippen LogP contribution in [-0.4, -0.2) is 32.9 Å². The summed E-state index contributed by atoms with van der Waals surface area (Å²) in [6.45, 7) is 2.61. The highest BCUT2D eigenvalue weighted by molar-refractivity contribution is 7.89. The van der Waals surface area contributed by atoms with E-state index >= 15 is 0 Å². The topological polar surface area (TPSA) is 102 Å². The summed E-state index contributed by atoms with van der Waals surface area (Å²) in [5.41, 5.74) is 0.152. The molecule has 2 aromatic rings. The van der Waals surface area contributed by atoms with Gasteiger partial charge in [0.25, 0.3) is 5.91 Å². The van der Waals surface area contributed by atoms with Crippen molar-refractivity contribution in [2.24, 2.45) is 5.92 Å². The van der Waals surface area contributed by atoms with E-state index in [0.29, 0.717) is 0 Å². The molecule has 2 aromatic carbocycles. The van der Waals surface area contributed by atoms with Crippen LogP contribution in [-0.2, 0) is 24.3 Å². The zero-order valence-electron chi connectivity index (χ0n) is 15.7. The fourth-order valence-electron chi connectivity index (χ4n) is 2.29. The largest absolute Gasteiger partial charge is 0.454 e. The van der Waals surface area contributed by atoms with Crippen molar-refractivity contribution in [1.29, 1.82) is 0 Å². The van der Waals surface area contributed by atoms with Crippen LogP contribution >= 0.6 is 11.6 Å². The lowest BCUT2D eigenvalue weighted by Gasteiger charge is -2.20. The predicted octanol–water partition coefficient (Wildman–Crippen LogP) is 2.96. The number of esters is 1. The third-order valence-electron chi connectivity index (χ3n) is 3.81. The molecule has 1 amide bonds. The molecule has 7 nitrogen and oxygen atoms in total. The maximum Gasteiger partial charge on any atom is 0.324 e. The van der Waals surface area contributed by atoms with Gasteiger partial charge in [-0.25, -0.2) is 12.8 Å². The summed E-state index contributed by atoms with van der Waals surface area (Å²) in [7, 11) is -3.95. The molecule has 0 bridgehead atoms. The second kappa shape index (κ2) is 9.82. The number of hydrogen-bond donors (Lipinski definition) is 2. The van der Waals surface area contributed by atoms with Gasteiger partial charge in [0.15, 0.2) is 6.61 Å². The van der Waals surface area contributed by atoms with Gasteiger partial charge in [0.2, 0.25) is 10.0 Å². The third-order valence-corrected chi connectivity index (χ3v) is 5.58. The van der Waals surface area contributed by atoms with Crippen LogP contribution in [0.3, 0.4) is 0 Å². The average molecular weight is 443 g/mol. The maximum absolute atomic E-state index is 13.0. The van der Waals surface area contributed by atoms with Crippen molar-refractivity contribution in [3.63, 3.8) is 0 Å². The number of carbonyl (C=O) groups is 2. The van der Waals surface area contributed by atoms with Crippen molar-refractivity contribution in [3.05, 3.63) is 59.4 Å². The zero-order valence-corrected chi connectivity index (χ0v) is 17.3. The number of rotatable bonds is 8. The van der Waals surface area contributed by atoms with Gasteiger partial charge in [-0.1, -0.05) is 43.6 Å². The second-order valence-electron chi connectivity index (χ2n) is 6.44. The van der Waals surface area contributed by atoms with Crippen molar-refractivity contribution in [1.82, 2.24) is 4.72 Å². The van der Waals surface area contributed by atoms with E-state index < -0.39 is 46.3 Å². The predicted molar refractivity (Wildman–Crippen MR) is 106 cm³/mol. The monoisotopic (exact) mass is 442 g/mol. The first kappa shape index (κ1) is 22.8. The molecule has 0 heterocycles. The first-order valence-electron chi connectivity index (χ1n) is 8.59. The van der Waals surface area contributed by atoms with E-state index in [1.807, 2.05) is 0 Å². The van der Waals surface area contributed by atoms with Gasteiger partial charge in [0, 0.05) is 0 Å². The van der Waals surface area contributed by atoms with E-state index in [1.54, 1.807) is 32.0 Å². The summed E-state index contributed by atoms with van der Waals surface area (Å²) in [6.07, 6.45) is 0. The van der Waals surface area contributed by atoms with Crippen LogP contribution in [0.4, 0.5) is 10.1 Å². The molecule has 156 valence electrons. The molecule has 10 heteroatoms. The van der Waals surface area contributed by atoms with E-state index in [0.717, 1.165) is 12.1 Å². The Labute approximate surface area is 173 Å². The van der Waals surface area contributed by atoms with Crippen LogP contribution in [0.15, 0.2) is 53.4 Å². The van der Waals surface area contributed by atoms with Gasteiger partial charge >= 0.3 is 5.97 Å². The molecule has 0 saturated heterocycles.